The summed E-state index contributed by atoms with van der Waals surface area (Å²) in [5, 5.41) is 4.83. The van der Waals surface area contributed by atoms with E-state index in [1.807, 2.05) is 0 Å². The van der Waals surface area contributed by atoms with Gasteiger partial charge in [-0.15, -0.1) is 0 Å². The Hall–Kier alpha value is -2.17. The van der Waals surface area contributed by atoms with E-state index in [4.69, 9.17) is 0 Å². The Bertz CT molecular complexity index is 616. The maximum absolute atomic E-state index is 13.7. The zero-order valence-corrected chi connectivity index (χ0v) is 9.53. The molecule has 0 spiro atoms. The summed E-state index contributed by atoms with van der Waals surface area (Å²) in [6.07, 6.45) is 1.56. The monoisotopic (exact) mass is 234 g/mol. The van der Waals surface area contributed by atoms with E-state index in [0.29, 0.717) is 16.6 Å². The Morgan fingerprint density at radius 2 is 2.29 bits per heavy atom. The molecule has 4 nitrogen and oxygen atoms in total. The molecule has 0 N–H and O–H groups in total. The number of nitrogens with zero attached hydrogens (tertiary/aromatic N) is 2. The second-order valence-electron chi connectivity index (χ2n) is 3.55. The van der Waals surface area contributed by atoms with Gasteiger partial charge >= 0.3 is 5.97 Å². The molecule has 0 radical (unpaired) electrons. The van der Waals surface area contributed by atoms with E-state index >= 15 is 0 Å². The summed E-state index contributed by atoms with van der Waals surface area (Å²) in [4.78, 5) is 11.4. The molecule has 0 unspecified atom stereocenters. The number of carbonyl (C=O) groups is 1. The van der Waals surface area contributed by atoms with Crippen LogP contribution in [0.2, 0.25) is 0 Å². The summed E-state index contributed by atoms with van der Waals surface area (Å²) in [5.74, 6) is -1.33. The third-order valence-corrected chi connectivity index (χ3v) is 2.57. The smallest absolute Gasteiger partial charge is 0.340 e. The standard InChI is InChI=1S/C12H11FN2O2/c1-4-10-8-5-7(12(16)17-3)9(13)6-11(8)15(2)14-10/h4-6H,1H2,2-3H3. The number of aromatic nitrogens is 2. The fourth-order valence-corrected chi connectivity index (χ4v) is 1.72. The molecule has 0 saturated heterocycles. The summed E-state index contributed by atoms with van der Waals surface area (Å²) < 4.78 is 19.7. The van der Waals surface area contributed by atoms with E-state index in [0.717, 1.165) is 0 Å². The second-order valence-corrected chi connectivity index (χ2v) is 3.55. The van der Waals surface area contributed by atoms with Crippen molar-refractivity contribution >= 4 is 22.9 Å². The largest absolute Gasteiger partial charge is 0.465 e. The number of methoxy groups -OCH3 is 1. The molecule has 1 aromatic carbocycles. The molecular weight excluding hydrogens is 223 g/mol. The van der Waals surface area contributed by atoms with Crippen molar-refractivity contribution in [3.8, 4) is 0 Å². The Kier molecular flexibility index (Phi) is 2.67. The fourth-order valence-electron chi connectivity index (χ4n) is 1.72. The Balaban J connectivity index is 2.78. The number of rotatable bonds is 2. The lowest BCUT2D eigenvalue weighted by atomic mass is 10.1. The summed E-state index contributed by atoms with van der Waals surface area (Å²) in [7, 11) is 2.91. The topological polar surface area (TPSA) is 44.1 Å². The van der Waals surface area contributed by atoms with Crippen LogP contribution in [0, 0.1) is 5.82 Å². The molecule has 0 aliphatic rings. The van der Waals surface area contributed by atoms with Crippen LogP contribution in [0.25, 0.3) is 17.0 Å². The van der Waals surface area contributed by atoms with Gasteiger partial charge in [0.25, 0.3) is 0 Å². The minimum atomic E-state index is -0.705. The maximum atomic E-state index is 13.7. The lowest BCUT2D eigenvalue weighted by Gasteiger charge is -2.02. The summed E-state index contributed by atoms with van der Waals surface area (Å²) in [6, 6.07) is 2.70. The highest BCUT2D eigenvalue weighted by molar-refractivity contribution is 5.97. The van der Waals surface area contributed by atoms with Crippen LogP contribution >= 0.6 is 0 Å². The van der Waals surface area contributed by atoms with Crippen molar-refractivity contribution in [2.24, 2.45) is 7.05 Å². The SMILES string of the molecule is C=Cc1nn(C)c2cc(F)c(C(=O)OC)cc12. The average Bonchev–Trinajstić information content (AvgIpc) is 2.64. The fraction of sp³-hybridized carbons (Fsp3) is 0.167. The predicted molar refractivity (Wildman–Crippen MR) is 62.1 cm³/mol. The van der Waals surface area contributed by atoms with Gasteiger partial charge in [0.1, 0.15) is 5.82 Å². The third kappa shape index (κ3) is 1.69. The molecule has 1 aromatic heterocycles. The van der Waals surface area contributed by atoms with Crippen LogP contribution < -0.4 is 0 Å². The van der Waals surface area contributed by atoms with Crippen molar-refractivity contribution in [3.63, 3.8) is 0 Å². The molecule has 0 aliphatic heterocycles. The van der Waals surface area contributed by atoms with Crippen LogP contribution in [-0.4, -0.2) is 22.9 Å². The van der Waals surface area contributed by atoms with Crippen LogP contribution in [0.4, 0.5) is 4.39 Å². The highest BCUT2D eigenvalue weighted by Gasteiger charge is 2.16. The Labute approximate surface area is 97.3 Å². The quantitative estimate of drug-likeness (QED) is 0.748. The maximum Gasteiger partial charge on any atom is 0.340 e. The molecule has 0 fully saturated rings. The lowest BCUT2D eigenvalue weighted by molar-refractivity contribution is 0.0596. The van der Waals surface area contributed by atoms with E-state index in [1.54, 1.807) is 13.1 Å². The van der Waals surface area contributed by atoms with E-state index in [1.165, 1.54) is 23.9 Å². The molecule has 0 bridgehead atoms. The number of halogens is 1. The van der Waals surface area contributed by atoms with Crippen LogP contribution in [0.5, 0.6) is 0 Å². The number of carbonyl (C=O) groups excluding carboxylic acids is 1. The van der Waals surface area contributed by atoms with E-state index in [9.17, 15) is 9.18 Å². The zero-order chi connectivity index (χ0) is 12.6. The van der Waals surface area contributed by atoms with Crippen molar-refractivity contribution in [2.75, 3.05) is 7.11 Å². The number of esters is 1. The van der Waals surface area contributed by atoms with Gasteiger partial charge in [0.2, 0.25) is 0 Å². The van der Waals surface area contributed by atoms with E-state index in [-0.39, 0.29) is 5.56 Å². The first-order valence-electron chi connectivity index (χ1n) is 4.95. The van der Waals surface area contributed by atoms with Crippen molar-refractivity contribution in [3.05, 3.63) is 35.8 Å². The highest BCUT2D eigenvalue weighted by Crippen LogP contribution is 2.23. The summed E-state index contributed by atoms with van der Waals surface area (Å²) in [6.45, 7) is 3.63. The van der Waals surface area contributed by atoms with Gasteiger partial charge < -0.3 is 4.74 Å². The highest BCUT2D eigenvalue weighted by atomic mass is 19.1. The van der Waals surface area contributed by atoms with Crippen molar-refractivity contribution in [1.82, 2.24) is 9.78 Å². The number of ether oxygens (including phenoxy) is 1. The van der Waals surface area contributed by atoms with Crippen molar-refractivity contribution < 1.29 is 13.9 Å². The van der Waals surface area contributed by atoms with Gasteiger partial charge in [0.05, 0.1) is 23.9 Å². The van der Waals surface area contributed by atoms with Gasteiger partial charge in [-0.2, -0.15) is 5.10 Å². The molecule has 17 heavy (non-hydrogen) atoms. The molecule has 88 valence electrons. The first-order chi connectivity index (χ1) is 8.08. The predicted octanol–water partition coefficient (Wildman–Crippen LogP) is 2.14. The van der Waals surface area contributed by atoms with Crippen molar-refractivity contribution in [1.29, 1.82) is 0 Å². The molecule has 2 rings (SSSR count). The first kappa shape index (κ1) is 11.3. The van der Waals surface area contributed by atoms with E-state index in [2.05, 4.69) is 16.4 Å². The molecule has 0 saturated carbocycles. The number of aryl methyl sites for hydroxylation is 1. The van der Waals surface area contributed by atoms with Crippen LogP contribution in [0.1, 0.15) is 16.1 Å². The minimum Gasteiger partial charge on any atom is -0.465 e. The molecule has 0 amide bonds. The molecule has 1 heterocycles. The van der Waals surface area contributed by atoms with Crippen LogP contribution in [-0.2, 0) is 11.8 Å². The first-order valence-corrected chi connectivity index (χ1v) is 4.95. The van der Waals surface area contributed by atoms with E-state index < -0.39 is 11.8 Å². The number of hydrogen-bond donors (Lipinski definition) is 0. The van der Waals surface area contributed by atoms with Crippen LogP contribution in [0.15, 0.2) is 18.7 Å². The van der Waals surface area contributed by atoms with Gasteiger partial charge in [-0.25, -0.2) is 9.18 Å². The third-order valence-electron chi connectivity index (χ3n) is 2.57. The number of fused-ring (bicyclic) bond motifs is 1. The molecule has 0 atom stereocenters. The van der Waals surface area contributed by atoms with Crippen molar-refractivity contribution in [2.45, 2.75) is 0 Å². The van der Waals surface area contributed by atoms with Gasteiger partial charge in [0, 0.05) is 18.5 Å². The summed E-state index contributed by atoms with van der Waals surface area (Å²) >= 11 is 0. The van der Waals surface area contributed by atoms with Gasteiger partial charge in [-0.1, -0.05) is 6.58 Å². The zero-order valence-electron chi connectivity index (χ0n) is 9.53. The molecule has 5 heteroatoms. The lowest BCUT2D eigenvalue weighted by Crippen LogP contribution is -2.04. The molecule has 0 aliphatic carbocycles. The van der Waals surface area contributed by atoms with Gasteiger partial charge in [0.15, 0.2) is 0 Å². The molecule has 2 aromatic rings. The number of hydrogen-bond acceptors (Lipinski definition) is 3. The van der Waals surface area contributed by atoms with Gasteiger partial charge in [-0.05, 0) is 12.1 Å². The van der Waals surface area contributed by atoms with Gasteiger partial charge in [-0.3, -0.25) is 4.68 Å². The Morgan fingerprint density at radius 1 is 1.59 bits per heavy atom. The minimum absolute atomic E-state index is 0.101. The van der Waals surface area contributed by atoms with Crippen LogP contribution in [0.3, 0.4) is 0 Å². The molecular formula is C12H11FN2O2. The second kappa shape index (κ2) is 4.01. The normalized spacial score (nSPS) is 10.5. The number of benzene rings is 1. The summed E-state index contributed by atoms with van der Waals surface area (Å²) in [5.41, 5.74) is 1.11. The Morgan fingerprint density at radius 3 is 2.88 bits per heavy atom. The average molecular weight is 234 g/mol.